The van der Waals surface area contributed by atoms with Gasteiger partial charge >= 0.3 is 0 Å². The molecule has 0 aliphatic rings. The lowest BCUT2D eigenvalue weighted by atomic mass is 10.1. The molecular formula is C17H13ClN4O2. The number of carbonyl (C=O) groups is 1. The molecule has 6 nitrogen and oxygen atoms in total. The lowest BCUT2D eigenvalue weighted by Gasteiger charge is -1.98. The predicted octanol–water partition coefficient (Wildman–Crippen LogP) is 3.20. The van der Waals surface area contributed by atoms with Gasteiger partial charge in [0.15, 0.2) is 0 Å². The van der Waals surface area contributed by atoms with Crippen molar-refractivity contribution in [1.29, 1.82) is 0 Å². The van der Waals surface area contributed by atoms with Gasteiger partial charge in [0.1, 0.15) is 11.4 Å². The maximum Gasteiger partial charge on any atom is 0.289 e. The number of H-pyrrole nitrogens is 1. The number of nitrogens with one attached hydrogen (secondary N) is 2. The molecule has 1 aromatic heterocycles. The van der Waals surface area contributed by atoms with Gasteiger partial charge in [-0.1, -0.05) is 41.9 Å². The molecule has 0 atom stereocenters. The lowest BCUT2D eigenvalue weighted by molar-refractivity contribution is 0.0950. The van der Waals surface area contributed by atoms with E-state index in [2.05, 4.69) is 20.7 Å². The monoisotopic (exact) mass is 340 g/mol. The number of amides is 1. The fraction of sp³-hybridized carbons (Fsp3) is 0. The summed E-state index contributed by atoms with van der Waals surface area (Å²) in [6.07, 6.45) is 1.36. The van der Waals surface area contributed by atoms with Gasteiger partial charge in [-0.25, -0.2) is 5.43 Å². The van der Waals surface area contributed by atoms with Crippen molar-refractivity contribution in [2.24, 2.45) is 5.10 Å². The van der Waals surface area contributed by atoms with Crippen molar-refractivity contribution >= 4 is 23.7 Å². The van der Waals surface area contributed by atoms with Crippen molar-refractivity contribution in [3.8, 4) is 17.0 Å². The molecule has 3 N–H and O–H groups in total. The van der Waals surface area contributed by atoms with Gasteiger partial charge in [-0.2, -0.15) is 10.2 Å². The Morgan fingerprint density at radius 1 is 1.21 bits per heavy atom. The SMILES string of the molecule is O=C(NN=Cc1ccccc1O)c1cc(-c2ccccc2Cl)n[nH]1. The largest absolute Gasteiger partial charge is 0.507 e. The quantitative estimate of drug-likeness (QED) is 0.503. The van der Waals surface area contributed by atoms with Crippen LogP contribution in [0.25, 0.3) is 11.3 Å². The van der Waals surface area contributed by atoms with Crippen molar-refractivity contribution in [3.05, 3.63) is 70.9 Å². The first-order valence-electron chi connectivity index (χ1n) is 7.07. The zero-order chi connectivity index (χ0) is 16.9. The molecule has 24 heavy (non-hydrogen) atoms. The Morgan fingerprint density at radius 3 is 2.75 bits per heavy atom. The van der Waals surface area contributed by atoms with Crippen LogP contribution in [-0.2, 0) is 0 Å². The molecule has 120 valence electrons. The van der Waals surface area contributed by atoms with Gasteiger partial charge in [0.25, 0.3) is 5.91 Å². The van der Waals surface area contributed by atoms with Gasteiger partial charge in [-0.15, -0.1) is 0 Å². The number of phenols is 1. The van der Waals surface area contributed by atoms with Crippen LogP contribution in [0.1, 0.15) is 16.1 Å². The van der Waals surface area contributed by atoms with Crippen molar-refractivity contribution in [3.63, 3.8) is 0 Å². The summed E-state index contributed by atoms with van der Waals surface area (Å²) in [5.74, 6) is -0.370. The zero-order valence-corrected chi connectivity index (χ0v) is 13.2. The van der Waals surface area contributed by atoms with Crippen molar-refractivity contribution in [1.82, 2.24) is 15.6 Å². The number of para-hydroxylation sites is 1. The molecule has 2 aromatic carbocycles. The number of rotatable bonds is 4. The number of phenolic OH excluding ortho intramolecular Hbond substituents is 1. The van der Waals surface area contributed by atoms with E-state index in [9.17, 15) is 9.90 Å². The number of aromatic amines is 1. The second kappa shape index (κ2) is 6.97. The number of nitrogens with zero attached hydrogens (tertiary/aromatic N) is 2. The fourth-order valence-corrected chi connectivity index (χ4v) is 2.29. The van der Waals surface area contributed by atoms with E-state index in [0.717, 1.165) is 5.56 Å². The van der Waals surface area contributed by atoms with E-state index in [0.29, 0.717) is 16.3 Å². The summed E-state index contributed by atoms with van der Waals surface area (Å²) in [4.78, 5) is 12.1. The molecule has 3 rings (SSSR count). The van der Waals surface area contributed by atoms with Crippen LogP contribution in [0.15, 0.2) is 59.7 Å². The summed E-state index contributed by atoms with van der Waals surface area (Å²) in [6.45, 7) is 0. The number of hydrogen-bond donors (Lipinski definition) is 3. The number of carbonyl (C=O) groups excluding carboxylic acids is 1. The van der Waals surface area contributed by atoms with E-state index < -0.39 is 5.91 Å². The first-order chi connectivity index (χ1) is 11.6. The van der Waals surface area contributed by atoms with Crippen LogP contribution < -0.4 is 5.43 Å². The third kappa shape index (κ3) is 3.44. The first kappa shape index (κ1) is 15.8. The maximum absolute atomic E-state index is 12.1. The molecular weight excluding hydrogens is 328 g/mol. The Kier molecular flexibility index (Phi) is 4.58. The Morgan fingerprint density at radius 2 is 1.96 bits per heavy atom. The van der Waals surface area contributed by atoms with Crippen molar-refractivity contribution in [2.75, 3.05) is 0 Å². The van der Waals surface area contributed by atoms with Gasteiger partial charge in [-0.3, -0.25) is 9.89 Å². The Hall–Kier alpha value is -3.12. The second-order valence-electron chi connectivity index (χ2n) is 4.90. The second-order valence-corrected chi connectivity index (χ2v) is 5.31. The Bertz CT molecular complexity index is 905. The third-order valence-corrected chi connectivity index (χ3v) is 3.61. The van der Waals surface area contributed by atoms with E-state index in [-0.39, 0.29) is 11.4 Å². The molecule has 1 heterocycles. The van der Waals surface area contributed by atoms with Crippen molar-refractivity contribution < 1.29 is 9.90 Å². The van der Waals surface area contributed by atoms with Gasteiger partial charge in [-0.05, 0) is 24.3 Å². The highest BCUT2D eigenvalue weighted by Crippen LogP contribution is 2.26. The first-order valence-corrected chi connectivity index (χ1v) is 7.44. The van der Waals surface area contributed by atoms with Crippen LogP contribution >= 0.6 is 11.6 Å². The topological polar surface area (TPSA) is 90.4 Å². The highest BCUT2D eigenvalue weighted by molar-refractivity contribution is 6.33. The molecule has 0 saturated heterocycles. The summed E-state index contributed by atoms with van der Waals surface area (Å²) in [7, 11) is 0. The molecule has 7 heteroatoms. The van der Waals surface area contributed by atoms with E-state index in [1.807, 2.05) is 18.2 Å². The summed E-state index contributed by atoms with van der Waals surface area (Å²) in [6, 6.07) is 15.5. The highest BCUT2D eigenvalue weighted by atomic mass is 35.5. The Labute approximate surface area is 142 Å². The fourth-order valence-electron chi connectivity index (χ4n) is 2.06. The summed E-state index contributed by atoms with van der Waals surface area (Å²) in [5.41, 5.74) is 4.41. The summed E-state index contributed by atoms with van der Waals surface area (Å²) >= 11 is 6.11. The van der Waals surface area contributed by atoms with Crippen LogP contribution in [0, 0.1) is 0 Å². The molecule has 0 bridgehead atoms. The van der Waals surface area contributed by atoms with Crippen LogP contribution in [-0.4, -0.2) is 27.4 Å². The number of hydrazone groups is 1. The molecule has 0 fully saturated rings. The molecule has 0 radical (unpaired) electrons. The van der Waals surface area contributed by atoms with Gasteiger partial charge < -0.3 is 5.11 Å². The minimum absolute atomic E-state index is 0.0815. The van der Waals surface area contributed by atoms with E-state index in [4.69, 9.17) is 11.6 Å². The van der Waals surface area contributed by atoms with Crippen LogP contribution in [0.5, 0.6) is 5.75 Å². The lowest BCUT2D eigenvalue weighted by Crippen LogP contribution is -2.18. The number of aromatic nitrogens is 2. The highest BCUT2D eigenvalue weighted by Gasteiger charge is 2.12. The molecule has 0 spiro atoms. The third-order valence-electron chi connectivity index (χ3n) is 3.28. The molecule has 3 aromatic rings. The van der Waals surface area contributed by atoms with Gasteiger partial charge in [0, 0.05) is 11.1 Å². The van der Waals surface area contributed by atoms with Gasteiger partial charge in [0.05, 0.1) is 16.9 Å². The average Bonchev–Trinajstić information content (AvgIpc) is 3.07. The minimum atomic E-state index is -0.451. The molecule has 0 saturated carbocycles. The normalized spacial score (nSPS) is 10.9. The predicted molar refractivity (Wildman–Crippen MR) is 92.2 cm³/mol. The molecule has 0 aliphatic carbocycles. The van der Waals surface area contributed by atoms with E-state index >= 15 is 0 Å². The maximum atomic E-state index is 12.1. The minimum Gasteiger partial charge on any atom is -0.507 e. The number of benzene rings is 2. The van der Waals surface area contributed by atoms with Crippen LogP contribution in [0.3, 0.4) is 0 Å². The standard InChI is InChI=1S/C17H13ClN4O2/c18-13-7-3-2-6-12(13)14-9-15(21-20-14)17(24)22-19-10-11-5-1-4-8-16(11)23/h1-10,23H,(H,20,21)(H,22,24). The molecule has 1 amide bonds. The van der Waals surface area contributed by atoms with E-state index in [1.54, 1.807) is 30.3 Å². The van der Waals surface area contributed by atoms with Gasteiger partial charge in [0.2, 0.25) is 0 Å². The Balaban J connectivity index is 1.71. The number of aromatic hydroxyl groups is 1. The van der Waals surface area contributed by atoms with Crippen LogP contribution in [0.4, 0.5) is 0 Å². The van der Waals surface area contributed by atoms with Crippen molar-refractivity contribution in [2.45, 2.75) is 0 Å². The molecule has 0 aliphatic heterocycles. The molecule has 0 unspecified atom stereocenters. The van der Waals surface area contributed by atoms with Crippen LogP contribution in [0.2, 0.25) is 5.02 Å². The number of halogens is 1. The zero-order valence-electron chi connectivity index (χ0n) is 12.4. The summed E-state index contributed by atoms with van der Waals surface area (Å²) < 4.78 is 0. The smallest absolute Gasteiger partial charge is 0.289 e. The number of hydrogen-bond acceptors (Lipinski definition) is 4. The summed E-state index contributed by atoms with van der Waals surface area (Å²) in [5, 5.41) is 20.7. The van der Waals surface area contributed by atoms with E-state index in [1.165, 1.54) is 12.3 Å². The average molecular weight is 341 g/mol.